The minimum Gasteiger partial charge on any atom is -0.300 e. The van der Waals surface area contributed by atoms with Crippen LogP contribution in [0.15, 0.2) is 66.2 Å². The number of hydrogen-bond acceptors (Lipinski definition) is 5. The number of nitro benzene ring substituents is 1. The average Bonchev–Trinajstić information content (AvgIpc) is 3.01. The summed E-state index contributed by atoms with van der Waals surface area (Å²) in [6.07, 6.45) is 1.30. The Labute approximate surface area is 149 Å². The van der Waals surface area contributed by atoms with Crippen molar-refractivity contribution in [2.75, 3.05) is 5.75 Å². The van der Waals surface area contributed by atoms with E-state index in [1.165, 1.54) is 41.0 Å². The maximum absolute atomic E-state index is 12.7. The van der Waals surface area contributed by atoms with Crippen molar-refractivity contribution >= 4 is 26.4 Å². The Morgan fingerprint density at radius 2 is 1.88 bits per heavy atom. The first-order valence-corrected chi connectivity index (χ1v) is 9.16. The molecule has 0 aliphatic rings. The summed E-state index contributed by atoms with van der Waals surface area (Å²) in [5.41, 5.74) is 1.37. The summed E-state index contributed by atoms with van der Waals surface area (Å²) in [7, 11) is -3.67. The first-order valence-electron chi connectivity index (χ1n) is 7.51. The molecule has 3 aromatic rings. The monoisotopic (exact) mass is 367 g/mol. The molecule has 0 N–H and O–H groups in total. The highest BCUT2D eigenvalue weighted by Crippen LogP contribution is 2.29. The van der Waals surface area contributed by atoms with Gasteiger partial charge in [0, 0.05) is 23.2 Å². The van der Waals surface area contributed by atoms with Crippen molar-refractivity contribution in [3.8, 4) is 11.8 Å². The van der Waals surface area contributed by atoms with Crippen LogP contribution < -0.4 is 0 Å². The maximum atomic E-state index is 12.7. The lowest BCUT2D eigenvalue weighted by molar-refractivity contribution is -0.384. The summed E-state index contributed by atoms with van der Waals surface area (Å²) >= 11 is 0. The molecule has 3 rings (SSSR count). The molecule has 1 heterocycles. The second-order valence-corrected chi connectivity index (χ2v) is 7.53. The predicted octanol–water partition coefficient (Wildman–Crippen LogP) is 3.37. The van der Waals surface area contributed by atoms with Gasteiger partial charge in [0.1, 0.15) is 5.03 Å². The number of hydrogen-bond donors (Lipinski definition) is 0. The number of nitro groups is 1. The summed E-state index contributed by atoms with van der Waals surface area (Å²) in [5, 5.41) is 20.5. The van der Waals surface area contributed by atoms with Crippen molar-refractivity contribution in [1.82, 2.24) is 4.57 Å². The molecule has 0 fully saturated rings. The molecule has 130 valence electrons. The van der Waals surface area contributed by atoms with E-state index in [0.717, 1.165) is 0 Å². The van der Waals surface area contributed by atoms with Gasteiger partial charge in [-0.1, -0.05) is 6.08 Å². The van der Waals surface area contributed by atoms with Gasteiger partial charge >= 0.3 is 0 Å². The van der Waals surface area contributed by atoms with Crippen LogP contribution in [0.5, 0.6) is 0 Å². The van der Waals surface area contributed by atoms with Gasteiger partial charge in [0.25, 0.3) is 5.69 Å². The first-order chi connectivity index (χ1) is 12.4. The zero-order valence-electron chi connectivity index (χ0n) is 13.5. The SMILES string of the molecule is C=CCS(=O)(=O)c1cc2cc(C#N)ccc2n1-c1ccc([N+](=O)[O-])cc1. The number of sulfone groups is 1. The molecule has 0 aliphatic heterocycles. The van der Waals surface area contributed by atoms with Crippen molar-refractivity contribution in [3.63, 3.8) is 0 Å². The Hall–Kier alpha value is -3.44. The van der Waals surface area contributed by atoms with E-state index in [4.69, 9.17) is 5.26 Å². The van der Waals surface area contributed by atoms with Gasteiger partial charge in [-0.3, -0.25) is 10.1 Å². The van der Waals surface area contributed by atoms with E-state index in [9.17, 15) is 18.5 Å². The van der Waals surface area contributed by atoms with Crippen LogP contribution in [-0.2, 0) is 9.84 Å². The van der Waals surface area contributed by atoms with Crippen molar-refractivity contribution < 1.29 is 13.3 Å². The number of fused-ring (bicyclic) bond motifs is 1. The predicted molar refractivity (Wildman–Crippen MR) is 96.9 cm³/mol. The van der Waals surface area contributed by atoms with Gasteiger partial charge in [0.05, 0.1) is 27.8 Å². The molecular formula is C18H13N3O4S. The minimum atomic E-state index is -3.67. The Kier molecular flexibility index (Phi) is 4.32. The lowest BCUT2D eigenvalue weighted by Gasteiger charge is -2.10. The normalized spacial score (nSPS) is 11.2. The number of non-ortho nitro benzene ring substituents is 1. The molecule has 8 heteroatoms. The average molecular weight is 367 g/mol. The lowest BCUT2D eigenvalue weighted by atomic mass is 10.2. The van der Waals surface area contributed by atoms with Crippen molar-refractivity contribution in [2.45, 2.75) is 5.03 Å². The Morgan fingerprint density at radius 1 is 1.19 bits per heavy atom. The Morgan fingerprint density at radius 3 is 2.46 bits per heavy atom. The fourth-order valence-corrected chi connectivity index (χ4v) is 3.99. The van der Waals surface area contributed by atoms with Crippen molar-refractivity contribution in [2.24, 2.45) is 0 Å². The number of benzene rings is 2. The summed E-state index contributed by atoms with van der Waals surface area (Å²) < 4.78 is 26.8. The number of nitriles is 1. The van der Waals surface area contributed by atoms with E-state index in [1.54, 1.807) is 18.2 Å². The molecule has 1 aromatic heterocycles. The second-order valence-electron chi connectivity index (χ2n) is 5.55. The van der Waals surface area contributed by atoms with E-state index in [0.29, 0.717) is 22.2 Å². The molecule has 0 unspecified atom stereocenters. The third-order valence-corrected chi connectivity index (χ3v) is 5.48. The van der Waals surface area contributed by atoms with Crippen LogP contribution in [0.3, 0.4) is 0 Å². The van der Waals surface area contributed by atoms with E-state index in [2.05, 4.69) is 6.58 Å². The summed E-state index contributed by atoms with van der Waals surface area (Å²) in [5.74, 6) is -0.249. The van der Waals surface area contributed by atoms with Crippen molar-refractivity contribution in [3.05, 3.63) is 76.9 Å². The molecule has 7 nitrogen and oxygen atoms in total. The third kappa shape index (κ3) is 2.96. The van der Waals surface area contributed by atoms with Gasteiger partial charge in [-0.15, -0.1) is 6.58 Å². The van der Waals surface area contributed by atoms with E-state index in [-0.39, 0.29) is 16.5 Å². The zero-order valence-corrected chi connectivity index (χ0v) is 14.3. The summed E-state index contributed by atoms with van der Waals surface area (Å²) in [4.78, 5) is 10.3. The third-order valence-electron chi connectivity index (χ3n) is 3.87. The van der Waals surface area contributed by atoms with Crippen LogP contribution >= 0.6 is 0 Å². The van der Waals surface area contributed by atoms with Gasteiger partial charge in [-0.05, 0) is 36.4 Å². The van der Waals surface area contributed by atoms with Gasteiger partial charge < -0.3 is 4.57 Å². The van der Waals surface area contributed by atoms with Gasteiger partial charge in [0.15, 0.2) is 9.84 Å². The van der Waals surface area contributed by atoms with E-state index in [1.807, 2.05) is 6.07 Å². The van der Waals surface area contributed by atoms with Gasteiger partial charge in [0.2, 0.25) is 0 Å². The highest BCUT2D eigenvalue weighted by atomic mass is 32.2. The molecule has 2 aromatic carbocycles. The van der Waals surface area contributed by atoms with Crippen LogP contribution in [0, 0.1) is 21.4 Å². The van der Waals surface area contributed by atoms with Crippen LogP contribution in [0.2, 0.25) is 0 Å². The highest BCUT2D eigenvalue weighted by molar-refractivity contribution is 7.91. The van der Waals surface area contributed by atoms with E-state index < -0.39 is 14.8 Å². The number of rotatable bonds is 5. The standard InChI is InChI=1S/C18H13N3O4S/c1-2-9-26(24,25)18-11-14-10-13(12-19)3-8-17(14)20(18)15-4-6-16(7-5-15)21(22)23/h2-8,10-11H,1,9H2. The molecule has 0 bridgehead atoms. The van der Waals surface area contributed by atoms with Crippen LogP contribution in [-0.4, -0.2) is 23.7 Å². The highest BCUT2D eigenvalue weighted by Gasteiger charge is 2.22. The minimum absolute atomic E-state index is 0.0383. The molecule has 0 spiro atoms. The topological polar surface area (TPSA) is 106 Å². The molecule has 0 aliphatic carbocycles. The molecule has 0 radical (unpaired) electrons. The lowest BCUT2D eigenvalue weighted by Crippen LogP contribution is -2.10. The second kappa shape index (κ2) is 6.46. The van der Waals surface area contributed by atoms with Crippen LogP contribution in [0.1, 0.15) is 5.56 Å². The van der Waals surface area contributed by atoms with Crippen molar-refractivity contribution in [1.29, 1.82) is 5.26 Å². The Bertz CT molecular complexity index is 1170. The largest absolute Gasteiger partial charge is 0.300 e. The van der Waals surface area contributed by atoms with Gasteiger partial charge in [-0.25, -0.2) is 8.42 Å². The fourth-order valence-electron chi connectivity index (χ4n) is 2.72. The maximum Gasteiger partial charge on any atom is 0.269 e. The molecule has 0 saturated carbocycles. The van der Waals surface area contributed by atoms with Crippen LogP contribution in [0.4, 0.5) is 5.69 Å². The first kappa shape index (κ1) is 17.4. The zero-order chi connectivity index (χ0) is 18.9. The van der Waals surface area contributed by atoms with Crippen LogP contribution in [0.25, 0.3) is 16.6 Å². The summed E-state index contributed by atoms with van der Waals surface area (Å²) in [6.45, 7) is 3.48. The number of nitrogens with zero attached hydrogens (tertiary/aromatic N) is 3. The number of aromatic nitrogens is 1. The van der Waals surface area contributed by atoms with Gasteiger partial charge in [-0.2, -0.15) is 5.26 Å². The molecular weight excluding hydrogens is 354 g/mol. The van der Waals surface area contributed by atoms with E-state index >= 15 is 0 Å². The molecule has 0 amide bonds. The molecule has 0 atom stereocenters. The molecule has 26 heavy (non-hydrogen) atoms. The molecule has 0 saturated heterocycles. The summed E-state index contributed by atoms with van der Waals surface area (Å²) in [6, 6.07) is 14.0. The fraction of sp³-hybridized carbons (Fsp3) is 0.0556. The Balaban J connectivity index is 2.32. The smallest absolute Gasteiger partial charge is 0.269 e. The quantitative estimate of drug-likeness (QED) is 0.390.